The molecule has 1 N–H and O–H groups in total. The molecule has 0 aliphatic heterocycles. The molecule has 0 aliphatic rings. The summed E-state index contributed by atoms with van der Waals surface area (Å²) in [6.45, 7) is 2.19. The van der Waals surface area contributed by atoms with Gasteiger partial charge in [0, 0.05) is 5.69 Å². The molecule has 0 heterocycles. The molecule has 0 radical (unpaired) electrons. The Morgan fingerprint density at radius 2 is 1.68 bits per heavy atom. The largest absolute Gasteiger partial charge is 0.301 e. The van der Waals surface area contributed by atoms with Gasteiger partial charge in [-0.25, -0.2) is 4.21 Å². The van der Waals surface area contributed by atoms with Gasteiger partial charge in [0.25, 0.3) is 0 Å². The van der Waals surface area contributed by atoms with Crippen molar-refractivity contribution in [3.05, 3.63) is 60.2 Å². The van der Waals surface area contributed by atoms with E-state index in [9.17, 15) is 4.21 Å². The highest BCUT2D eigenvalue weighted by atomic mass is 32.2. The van der Waals surface area contributed by atoms with Crippen LogP contribution in [0, 0.1) is 0 Å². The van der Waals surface area contributed by atoms with Gasteiger partial charge < -0.3 is 4.72 Å². The maximum atomic E-state index is 12.1. The molecule has 2 aromatic rings. The van der Waals surface area contributed by atoms with E-state index < -0.39 is 11.0 Å². The Labute approximate surface area is 117 Å². The fourth-order valence-corrected chi connectivity index (χ4v) is 2.68. The van der Waals surface area contributed by atoms with Crippen LogP contribution in [0.1, 0.15) is 25.3 Å². The summed E-state index contributed by atoms with van der Waals surface area (Å²) < 4.78 is 15.1. The molecule has 0 fully saturated rings. The highest BCUT2D eigenvalue weighted by Crippen LogP contribution is 2.14. The predicted octanol–water partition coefficient (Wildman–Crippen LogP) is 4.16. The standard InChI is InChI=1S/C16H19NOS/c1-2-3-7-14-10-12-16(13-11-14)19(18)17-15-8-5-4-6-9-15/h4-6,8-13,17H,2-3,7H2,1H3. The first-order valence-electron chi connectivity index (χ1n) is 6.62. The van der Waals surface area contributed by atoms with Crippen molar-refractivity contribution in [1.82, 2.24) is 0 Å². The molecular formula is C16H19NOS. The van der Waals surface area contributed by atoms with Gasteiger partial charge in [-0.15, -0.1) is 0 Å². The minimum absolute atomic E-state index is 0.809. The third-order valence-electron chi connectivity index (χ3n) is 2.94. The summed E-state index contributed by atoms with van der Waals surface area (Å²) in [6.07, 6.45) is 3.49. The predicted molar refractivity (Wildman–Crippen MR) is 81.5 cm³/mol. The normalized spacial score (nSPS) is 12.1. The maximum Gasteiger partial charge on any atom is 0.150 e. The van der Waals surface area contributed by atoms with Gasteiger partial charge in [-0.3, -0.25) is 0 Å². The molecule has 1 unspecified atom stereocenters. The van der Waals surface area contributed by atoms with Crippen LogP contribution in [-0.2, 0) is 17.4 Å². The molecule has 100 valence electrons. The zero-order chi connectivity index (χ0) is 13.5. The van der Waals surface area contributed by atoms with Gasteiger partial charge >= 0.3 is 0 Å². The third-order valence-corrected chi connectivity index (χ3v) is 4.06. The van der Waals surface area contributed by atoms with E-state index in [1.807, 2.05) is 42.5 Å². The van der Waals surface area contributed by atoms with Gasteiger partial charge in [0.05, 0.1) is 4.90 Å². The summed E-state index contributed by atoms with van der Waals surface area (Å²) in [5.74, 6) is 0. The highest BCUT2D eigenvalue weighted by molar-refractivity contribution is 7.86. The number of unbranched alkanes of at least 4 members (excludes halogenated alkanes) is 1. The van der Waals surface area contributed by atoms with Gasteiger partial charge in [-0.05, 0) is 42.7 Å². The minimum atomic E-state index is -1.20. The van der Waals surface area contributed by atoms with Crippen LogP contribution in [0.2, 0.25) is 0 Å². The molecule has 0 aromatic heterocycles. The van der Waals surface area contributed by atoms with Crippen molar-refractivity contribution in [3.8, 4) is 0 Å². The zero-order valence-corrected chi connectivity index (χ0v) is 12.0. The molecular weight excluding hydrogens is 254 g/mol. The Morgan fingerprint density at radius 3 is 2.32 bits per heavy atom. The number of para-hydroxylation sites is 1. The molecule has 2 rings (SSSR count). The van der Waals surface area contributed by atoms with Crippen molar-refractivity contribution in [3.63, 3.8) is 0 Å². The van der Waals surface area contributed by atoms with Crippen LogP contribution in [-0.4, -0.2) is 4.21 Å². The summed E-state index contributed by atoms with van der Waals surface area (Å²) in [5.41, 5.74) is 2.18. The van der Waals surface area contributed by atoms with E-state index in [1.54, 1.807) is 0 Å². The Kier molecular flexibility index (Phi) is 5.16. The molecule has 0 saturated heterocycles. The summed E-state index contributed by atoms with van der Waals surface area (Å²) in [4.78, 5) is 0.809. The summed E-state index contributed by atoms with van der Waals surface area (Å²) in [6, 6.07) is 17.6. The van der Waals surface area contributed by atoms with Gasteiger partial charge in [0.15, 0.2) is 0 Å². The molecule has 0 amide bonds. The number of benzene rings is 2. The molecule has 0 saturated carbocycles. The van der Waals surface area contributed by atoms with Gasteiger partial charge in [-0.1, -0.05) is 43.7 Å². The molecule has 1 atom stereocenters. The lowest BCUT2D eigenvalue weighted by Crippen LogP contribution is -2.04. The van der Waals surface area contributed by atoms with E-state index in [2.05, 4.69) is 23.8 Å². The summed E-state index contributed by atoms with van der Waals surface area (Å²) in [7, 11) is -1.20. The average Bonchev–Trinajstić information content (AvgIpc) is 2.46. The van der Waals surface area contributed by atoms with Crippen molar-refractivity contribution in [1.29, 1.82) is 0 Å². The third kappa shape index (κ3) is 4.21. The van der Waals surface area contributed by atoms with Crippen molar-refractivity contribution in [2.24, 2.45) is 0 Å². The van der Waals surface area contributed by atoms with E-state index in [0.29, 0.717) is 0 Å². The van der Waals surface area contributed by atoms with Crippen molar-refractivity contribution >= 4 is 16.7 Å². The molecule has 0 bridgehead atoms. The van der Waals surface area contributed by atoms with Crippen LogP contribution in [0.5, 0.6) is 0 Å². The van der Waals surface area contributed by atoms with Crippen LogP contribution in [0.3, 0.4) is 0 Å². The van der Waals surface area contributed by atoms with Crippen LogP contribution < -0.4 is 4.72 Å². The lowest BCUT2D eigenvalue weighted by molar-refractivity contribution is 0.686. The molecule has 0 aliphatic carbocycles. The minimum Gasteiger partial charge on any atom is -0.301 e. The molecule has 19 heavy (non-hydrogen) atoms. The first-order valence-corrected chi connectivity index (χ1v) is 7.77. The molecule has 2 aromatic carbocycles. The SMILES string of the molecule is CCCCc1ccc(S(=O)Nc2ccccc2)cc1. The summed E-state index contributed by atoms with van der Waals surface area (Å²) in [5, 5.41) is 0. The summed E-state index contributed by atoms with van der Waals surface area (Å²) >= 11 is 0. The lowest BCUT2D eigenvalue weighted by atomic mass is 10.1. The number of aryl methyl sites for hydroxylation is 1. The van der Waals surface area contributed by atoms with E-state index in [4.69, 9.17) is 0 Å². The van der Waals surface area contributed by atoms with Crippen molar-refractivity contribution < 1.29 is 4.21 Å². The average molecular weight is 273 g/mol. The second-order valence-corrected chi connectivity index (χ2v) is 5.70. The second-order valence-electron chi connectivity index (χ2n) is 4.48. The number of anilines is 1. The van der Waals surface area contributed by atoms with Crippen LogP contribution in [0.4, 0.5) is 5.69 Å². The Balaban J connectivity index is 1.99. The quantitative estimate of drug-likeness (QED) is 0.841. The number of nitrogens with one attached hydrogen (secondary N) is 1. The monoisotopic (exact) mass is 273 g/mol. The van der Waals surface area contributed by atoms with E-state index in [-0.39, 0.29) is 0 Å². The van der Waals surface area contributed by atoms with Gasteiger partial charge in [-0.2, -0.15) is 0 Å². The molecule has 2 nitrogen and oxygen atoms in total. The second kappa shape index (κ2) is 7.10. The number of hydrogen-bond acceptors (Lipinski definition) is 1. The number of hydrogen-bond donors (Lipinski definition) is 1. The topological polar surface area (TPSA) is 29.1 Å². The fourth-order valence-electron chi connectivity index (χ4n) is 1.83. The van der Waals surface area contributed by atoms with Crippen LogP contribution in [0.15, 0.2) is 59.5 Å². The first-order chi connectivity index (χ1) is 9.29. The molecule has 0 spiro atoms. The Morgan fingerprint density at radius 1 is 1.00 bits per heavy atom. The van der Waals surface area contributed by atoms with Gasteiger partial charge in [0.2, 0.25) is 0 Å². The van der Waals surface area contributed by atoms with E-state index in [1.165, 1.54) is 18.4 Å². The maximum absolute atomic E-state index is 12.1. The van der Waals surface area contributed by atoms with Crippen LogP contribution in [0.25, 0.3) is 0 Å². The van der Waals surface area contributed by atoms with Gasteiger partial charge in [0.1, 0.15) is 11.0 Å². The zero-order valence-electron chi connectivity index (χ0n) is 11.1. The van der Waals surface area contributed by atoms with E-state index in [0.717, 1.165) is 17.0 Å². The lowest BCUT2D eigenvalue weighted by Gasteiger charge is -2.06. The Hall–Kier alpha value is -1.61. The van der Waals surface area contributed by atoms with Crippen molar-refractivity contribution in [2.75, 3.05) is 4.72 Å². The fraction of sp³-hybridized carbons (Fsp3) is 0.250. The molecule has 3 heteroatoms. The van der Waals surface area contributed by atoms with Crippen molar-refractivity contribution in [2.45, 2.75) is 31.1 Å². The van der Waals surface area contributed by atoms with Crippen LogP contribution >= 0.6 is 0 Å². The van der Waals surface area contributed by atoms with E-state index >= 15 is 0 Å². The Bertz CT molecular complexity index is 522. The first kappa shape index (κ1) is 13.8. The number of rotatable bonds is 6. The smallest absolute Gasteiger partial charge is 0.150 e. The highest BCUT2D eigenvalue weighted by Gasteiger charge is 2.03.